The highest BCUT2D eigenvalue weighted by Crippen LogP contribution is 2.35. The van der Waals surface area contributed by atoms with Gasteiger partial charge in [0.15, 0.2) is 0 Å². The van der Waals surface area contributed by atoms with E-state index in [0.717, 1.165) is 53.7 Å². The first-order valence-electron chi connectivity index (χ1n) is 13.4. The largest absolute Gasteiger partial charge is 0.497 e. The number of benzene rings is 2. The Morgan fingerprint density at radius 1 is 1.13 bits per heavy atom. The Morgan fingerprint density at radius 3 is 2.66 bits per heavy atom. The van der Waals surface area contributed by atoms with E-state index in [1.165, 1.54) is 11.1 Å². The van der Waals surface area contributed by atoms with E-state index in [9.17, 15) is 15.0 Å². The van der Waals surface area contributed by atoms with E-state index in [1.807, 2.05) is 24.3 Å². The third kappa shape index (κ3) is 7.34. The number of carboxylic acid groups (broad SMARTS) is 1. The van der Waals surface area contributed by atoms with Crippen molar-refractivity contribution in [3.8, 4) is 17.6 Å². The summed E-state index contributed by atoms with van der Waals surface area (Å²) < 4.78 is 5.37. The van der Waals surface area contributed by atoms with E-state index in [0.29, 0.717) is 25.3 Å². The summed E-state index contributed by atoms with van der Waals surface area (Å²) in [5.74, 6) is 7.24. The van der Waals surface area contributed by atoms with Gasteiger partial charge >= 0.3 is 5.97 Å². The number of aryl methyl sites for hydroxylation is 2. The van der Waals surface area contributed by atoms with Crippen molar-refractivity contribution in [2.45, 2.75) is 52.1 Å². The number of piperidine rings is 1. The maximum atomic E-state index is 11.3. The number of aromatic nitrogens is 1. The molecule has 1 fully saturated rings. The Morgan fingerprint density at radius 2 is 1.92 bits per heavy atom. The number of fused-ring (bicyclic) bond motifs is 1. The molecule has 1 aliphatic rings. The predicted octanol–water partition coefficient (Wildman–Crippen LogP) is 5.53. The summed E-state index contributed by atoms with van der Waals surface area (Å²) in [4.78, 5) is 18.1. The molecule has 4 rings (SSSR count). The van der Waals surface area contributed by atoms with Crippen LogP contribution in [0.5, 0.6) is 5.75 Å². The van der Waals surface area contributed by atoms with Crippen LogP contribution in [0.4, 0.5) is 0 Å². The lowest BCUT2D eigenvalue weighted by atomic mass is 9.79. The summed E-state index contributed by atoms with van der Waals surface area (Å²) in [6, 6.07) is 13.9. The summed E-state index contributed by atoms with van der Waals surface area (Å²) in [5.41, 5.74) is 5.15. The quantitative estimate of drug-likeness (QED) is 0.366. The fourth-order valence-electron chi connectivity index (χ4n) is 5.71. The molecule has 6 nitrogen and oxygen atoms in total. The molecule has 2 heterocycles. The lowest BCUT2D eigenvalue weighted by Crippen LogP contribution is -2.41. The van der Waals surface area contributed by atoms with E-state index < -0.39 is 12.1 Å². The van der Waals surface area contributed by atoms with Crippen molar-refractivity contribution in [3.05, 3.63) is 70.9 Å². The number of aliphatic hydroxyl groups excluding tert-OH is 1. The van der Waals surface area contributed by atoms with Gasteiger partial charge in [0.1, 0.15) is 5.75 Å². The number of hydrogen-bond acceptors (Lipinski definition) is 5. The van der Waals surface area contributed by atoms with Crippen LogP contribution in [0.3, 0.4) is 0 Å². The summed E-state index contributed by atoms with van der Waals surface area (Å²) in [6.07, 6.45) is 4.38. The Balaban J connectivity index is 1.40. The van der Waals surface area contributed by atoms with Gasteiger partial charge in [0.2, 0.25) is 0 Å². The zero-order valence-corrected chi connectivity index (χ0v) is 22.6. The molecular weight excluding hydrogens is 476 g/mol. The topological polar surface area (TPSA) is 82.9 Å². The Hall–Kier alpha value is -3.40. The van der Waals surface area contributed by atoms with Gasteiger partial charge in [-0.25, -0.2) is 0 Å². The molecular formula is C32H38N2O4. The zero-order valence-electron chi connectivity index (χ0n) is 22.6. The molecule has 2 N–H and O–H groups in total. The van der Waals surface area contributed by atoms with Crippen LogP contribution in [0.2, 0.25) is 0 Å². The molecule has 2 unspecified atom stereocenters. The first-order chi connectivity index (χ1) is 18.3. The monoisotopic (exact) mass is 514 g/mol. The molecule has 1 saturated heterocycles. The van der Waals surface area contributed by atoms with Gasteiger partial charge in [0.25, 0.3) is 0 Å². The van der Waals surface area contributed by atoms with Crippen molar-refractivity contribution >= 4 is 16.9 Å². The normalized spacial score (nSPS) is 18.5. The van der Waals surface area contributed by atoms with Crippen molar-refractivity contribution < 1.29 is 19.7 Å². The highest BCUT2D eigenvalue weighted by Gasteiger charge is 2.30. The molecule has 38 heavy (non-hydrogen) atoms. The molecule has 6 heteroatoms. The molecule has 200 valence electrons. The smallest absolute Gasteiger partial charge is 0.303 e. The number of carbonyl (C=O) groups is 1. The highest BCUT2D eigenvalue weighted by molar-refractivity contribution is 5.83. The van der Waals surface area contributed by atoms with Crippen LogP contribution in [0, 0.1) is 37.5 Å². The van der Waals surface area contributed by atoms with Crippen LogP contribution in [0.25, 0.3) is 10.9 Å². The molecule has 0 aliphatic carbocycles. The second-order valence-electron chi connectivity index (χ2n) is 10.5. The first-order valence-corrected chi connectivity index (χ1v) is 13.4. The Bertz CT molecular complexity index is 1310. The summed E-state index contributed by atoms with van der Waals surface area (Å²) in [7, 11) is 1.63. The highest BCUT2D eigenvalue weighted by atomic mass is 16.5. The van der Waals surface area contributed by atoms with Gasteiger partial charge in [-0.05, 0) is 111 Å². The second-order valence-corrected chi connectivity index (χ2v) is 10.5. The number of likely N-dealkylation sites (tertiary alicyclic amines) is 1. The minimum atomic E-state index is -0.757. The van der Waals surface area contributed by atoms with Gasteiger partial charge in [0.05, 0.1) is 25.3 Å². The number of methoxy groups -OCH3 is 1. The molecule has 0 radical (unpaired) electrons. The van der Waals surface area contributed by atoms with Gasteiger partial charge in [-0.1, -0.05) is 17.9 Å². The predicted molar refractivity (Wildman–Crippen MR) is 150 cm³/mol. The molecule has 0 amide bonds. The number of nitrogens with zero attached hydrogens (tertiary/aromatic N) is 2. The third-order valence-electron chi connectivity index (χ3n) is 7.61. The van der Waals surface area contributed by atoms with E-state index in [2.05, 4.69) is 53.8 Å². The second kappa shape index (κ2) is 12.9. The molecule has 2 aromatic carbocycles. The summed E-state index contributed by atoms with van der Waals surface area (Å²) >= 11 is 0. The van der Waals surface area contributed by atoms with Crippen LogP contribution in [0.15, 0.2) is 48.7 Å². The van der Waals surface area contributed by atoms with Crippen LogP contribution >= 0.6 is 0 Å². The molecule has 0 bridgehead atoms. The average Bonchev–Trinajstić information content (AvgIpc) is 2.89. The third-order valence-corrected chi connectivity index (χ3v) is 7.61. The van der Waals surface area contributed by atoms with Crippen LogP contribution in [0.1, 0.15) is 60.5 Å². The number of rotatable bonds is 9. The van der Waals surface area contributed by atoms with Crippen molar-refractivity contribution in [1.29, 1.82) is 0 Å². The lowest BCUT2D eigenvalue weighted by molar-refractivity contribution is -0.137. The van der Waals surface area contributed by atoms with E-state index in [-0.39, 0.29) is 12.3 Å². The van der Waals surface area contributed by atoms with E-state index >= 15 is 0 Å². The molecule has 1 aliphatic heterocycles. The number of pyridine rings is 1. The standard InChI is InChI=1S/C32H38N2O4/c1-22-17-23(2)19-24(18-22)5-4-15-34-16-13-25(26(21-34)7-11-32(36)37)6-10-31(35)28-12-14-33-30-9-8-27(38-3)20-29(28)30/h8-9,12,14,17-20,25-26,31,35H,6-7,10-11,13,15-16,21H2,1-3H3,(H,36,37)/t25?,26?,31-/m0/s1. The number of aliphatic carboxylic acids is 1. The van der Waals surface area contributed by atoms with Crippen molar-refractivity contribution in [3.63, 3.8) is 0 Å². The first kappa shape index (κ1) is 27.6. The zero-order chi connectivity index (χ0) is 27.1. The molecule has 0 saturated carbocycles. The lowest BCUT2D eigenvalue weighted by Gasteiger charge is -2.38. The van der Waals surface area contributed by atoms with Gasteiger partial charge in [-0.3, -0.25) is 14.7 Å². The minimum absolute atomic E-state index is 0.167. The summed E-state index contributed by atoms with van der Waals surface area (Å²) in [6.45, 7) is 6.62. The van der Waals surface area contributed by atoms with Crippen LogP contribution in [-0.4, -0.2) is 52.8 Å². The van der Waals surface area contributed by atoms with Gasteiger partial charge in [0, 0.05) is 30.1 Å². The van der Waals surface area contributed by atoms with Crippen molar-refractivity contribution in [1.82, 2.24) is 9.88 Å². The molecule has 3 aromatic rings. The Labute approximate surface area is 225 Å². The molecule has 3 atom stereocenters. The van der Waals surface area contributed by atoms with Crippen molar-refractivity contribution in [2.24, 2.45) is 11.8 Å². The van der Waals surface area contributed by atoms with E-state index in [1.54, 1.807) is 13.3 Å². The maximum Gasteiger partial charge on any atom is 0.303 e. The number of carboxylic acids is 1. The van der Waals surface area contributed by atoms with Gasteiger partial charge in [-0.15, -0.1) is 0 Å². The number of ether oxygens (including phenoxy) is 1. The van der Waals surface area contributed by atoms with Crippen LogP contribution < -0.4 is 4.74 Å². The fourth-order valence-corrected chi connectivity index (χ4v) is 5.71. The van der Waals surface area contributed by atoms with Crippen molar-refractivity contribution in [2.75, 3.05) is 26.7 Å². The number of hydrogen-bond donors (Lipinski definition) is 2. The summed E-state index contributed by atoms with van der Waals surface area (Å²) in [5, 5.41) is 21.4. The maximum absolute atomic E-state index is 11.3. The van der Waals surface area contributed by atoms with E-state index in [4.69, 9.17) is 4.74 Å². The Kier molecular flexibility index (Phi) is 9.38. The van der Waals surface area contributed by atoms with Gasteiger partial charge < -0.3 is 14.9 Å². The van der Waals surface area contributed by atoms with Crippen LogP contribution in [-0.2, 0) is 4.79 Å². The molecule has 1 aromatic heterocycles. The average molecular weight is 515 g/mol. The van der Waals surface area contributed by atoms with Gasteiger partial charge in [-0.2, -0.15) is 0 Å². The molecule has 0 spiro atoms. The fraction of sp³-hybridized carbons (Fsp3) is 0.438. The number of aliphatic hydroxyl groups is 1. The minimum Gasteiger partial charge on any atom is -0.497 e. The SMILES string of the molecule is COc1ccc2nccc([C@@H](O)CCC3CCN(CC#Cc4cc(C)cc(C)c4)CC3CCC(=O)O)c2c1.